The van der Waals surface area contributed by atoms with Gasteiger partial charge in [-0.05, 0) is 11.3 Å². The number of rotatable bonds is 6. The highest BCUT2D eigenvalue weighted by Crippen LogP contribution is 2.34. The molecular weight excluding hydrogens is 256 g/mol. The van der Waals surface area contributed by atoms with Crippen molar-refractivity contribution in [2.45, 2.75) is 47.5 Å². The number of nitrogens with one attached hydrogen (secondary N) is 1. The van der Waals surface area contributed by atoms with Crippen molar-refractivity contribution in [1.82, 2.24) is 9.78 Å². The van der Waals surface area contributed by atoms with Gasteiger partial charge in [0.2, 0.25) is 5.82 Å². The SMILES string of the molecule is CC(C)c1nn(C)c(NCC(C)(C)C(C)C)c1[N+](=O)[O-]. The fraction of sp³-hybridized carbons (Fsp3) is 0.786. The van der Waals surface area contributed by atoms with Gasteiger partial charge < -0.3 is 5.32 Å². The summed E-state index contributed by atoms with van der Waals surface area (Å²) in [7, 11) is 1.74. The largest absolute Gasteiger partial charge is 0.364 e. The Labute approximate surface area is 120 Å². The summed E-state index contributed by atoms with van der Waals surface area (Å²) in [5.41, 5.74) is 0.681. The van der Waals surface area contributed by atoms with Gasteiger partial charge in [-0.2, -0.15) is 5.10 Å². The van der Waals surface area contributed by atoms with Crippen molar-refractivity contribution in [3.8, 4) is 0 Å². The average molecular weight is 282 g/mol. The van der Waals surface area contributed by atoms with Crippen LogP contribution in [0, 0.1) is 21.4 Å². The first-order chi connectivity index (χ1) is 9.08. The van der Waals surface area contributed by atoms with Crippen molar-refractivity contribution in [3.63, 3.8) is 0 Å². The van der Waals surface area contributed by atoms with Crippen LogP contribution in [0.5, 0.6) is 0 Å². The predicted molar refractivity (Wildman–Crippen MR) is 81.1 cm³/mol. The van der Waals surface area contributed by atoms with Crippen LogP contribution in [0.25, 0.3) is 0 Å². The molecule has 1 aromatic rings. The first kappa shape index (κ1) is 16.5. The molecule has 0 aliphatic rings. The second-order valence-electron chi connectivity index (χ2n) is 6.61. The lowest BCUT2D eigenvalue weighted by atomic mass is 9.81. The van der Waals surface area contributed by atoms with Crippen LogP contribution in [-0.2, 0) is 7.05 Å². The first-order valence-electron chi connectivity index (χ1n) is 7.03. The predicted octanol–water partition coefficient (Wildman–Crippen LogP) is 3.55. The van der Waals surface area contributed by atoms with Crippen LogP contribution in [0.15, 0.2) is 0 Å². The molecule has 6 nitrogen and oxygen atoms in total. The molecule has 0 aromatic carbocycles. The lowest BCUT2D eigenvalue weighted by Crippen LogP contribution is -2.29. The van der Waals surface area contributed by atoms with Gasteiger partial charge in [0.25, 0.3) is 0 Å². The molecular formula is C14H26N4O2. The first-order valence-corrected chi connectivity index (χ1v) is 7.03. The maximum absolute atomic E-state index is 11.3. The smallest absolute Gasteiger partial charge is 0.334 e. The van der Waals surface area contributed by atoms with E-state index in [1.54, 1.807) is 11.7 Å². The monoisotopic (exact) mass is 282 g/mol. The summed E-state index contributed by atoms with van der Waals surface area (Å²) in [6, 6.07) is 0. The van der Waals surface area contributed by atoms with E-state index in [0.29, 0.717) is 24.0 Å². The minimum absolute atomic E-state index is 0.0234. The second kappa shape index (κ2) is 5.81. The molecule has 0 unspecified atom stereocenters. The third-order valence-electron chi connectivity index (χ3n) is 4.05. The minimum atomic E-state index is -0.340. The maximum atomic E-state index is 11.3. The summed E-state index contributed by atoms with van der Waals surface area (Å²) in [6.07, 6.45) is 0. The Hall–Kier alpha value is -1.59. The Bertz CT molecular complexity index is 490. The number of aryl methyl sites for hydroxylation is 1. The summed E-state index contributed by atoms with van der Waals surface area (Å²) in [5.74, 6) is 0.995. The quantitative estimate of drug-likeness (QED) is 0.639. The van der Waals surface area contributed by atoms with E-state index < -0.39 is 0 Å². The van der Waals surface area contributed by atoms with Crippen molar-refractivity contribution in [2.75, 3.05) is 11.9 Å². The number of nitrogens with zero attached hydrogens (tertiary/aromatic N) is 3. The van der Waals surface area contributed by atoms with Crippen LogP contribution in [0.4, 0.5) is 11.5 Å². The summed E-state index contributed by atoms with van der Waals surface area (Å²) in [5, 5.41) is 18.8. The van der Waals surface area contributed by atoms with E-state index in [1.807, 2.05) is 13.8 Å². The molecule has 0 atom stereocenters. The Balaban J connectivity index is 3.10. The van der Waals surface area contributed by atoms with Crippen LogP contribution in [0.2, 0.25) is 0 Å². The fourth-order valence-corrected chi connectivity index (χ4v) is 1.82. The van der Waals surface area contributed by atoms with Gasteiger partial charge in [0.1, 0.15) is 5.69 Å². The molecule has 0 spiro atoms. The topological polar surface area (TPSA) is 73.0 Å². The maximum Gasteiger partial charge on any atom is 0.334 e. The van der Waals surface area contributed by atoms with E-state index in [0.717, 1.165) is 0 Å². The van der Waals surface area contributed by atoms with Crippen molar-refractivity contribution in [3.05, 3.63) is 15.8 Å². The van der Waals surface area contributed by atoms with E-state index in [-0.39, 0.29) is 21.9 Å². The summed E-state index contributed by atoms with van der Waals surface area (Å²) < 4.78 is 1.57. The minimum Gasteiger partial charge on any atom is -0.364 e. The third-order valence-corrected chi connectivity index (χ3v) is 4.05. The molecule has 0 saturated carbocycles. The molecule has 1 rings (SSSR count). The Morgan fingerprint density at radius 3 is 2.30 bits per heavy atom. The second-order valence-corrected chi connectivity index (χ2v) is 6.61. The Morgan fingerprint density at radius 1 is 1.35 bits per heavy atom. The molecule has 0 amide bonds. The third kappa shape index (κ3) is 3.29. The van der Waals surface area contributed by atoms with Gasteiger partial charge in [0.05, 0.1) is 4.92 Å². The normalized spacial score (nSPS) is 12.2. The summed E-state index contributed by atoms with van der Waals surface area (Å²) in [6.45, 7) is 13.1. The Morgan fingerprint density at radius 2 is 1.90 bits per heavy atom. The van der Waals surface area contributed by atoms with Gasteiger partial charge in [0.15, 0.2) is 0 Å². The molecule has 0 aliphatic carbocycles. The van der Waals surface area contributed by atoms with E-state index >= 15 is 0 Å². The van der Waals surface area contributed by atoms with E-state index in [4.69, 9.17) is 0 Å². The van der Waals surface area contributed by atoms with Crippen molar-refractivity contribution in [1.29, 1.82) is 0 Å². The van der Waals surface area contributed by atoms with Crippen LogP contribution in [0.3, 0.4) is 0 Å². The molecule has 1 heterocycles. The number of aromatic nitrogens is 2. The highest BCUT2D eigenvalue weighted by atomic mass is 16.6. The van der Waals surface area contributed by atoms with Gasteiger partial charge in [-0.15, -0.1) is 0 Å². The van der Waals surface area contributed by atoms with Crippen LogP contribution < -0.4 is 5.32 Å². The molecule has 0 saturated heterocycles. The highest BCUT2D eigenvalue weighted by Gasteiger charge is 2.30. The Kier molecular flexibility index (Phi) is 4.78. The molecule has 0 bridgehead atoms. The molecule has 6 heteroatoms. The molecule has 114 valence electrons. The molecule has 20 heavy (non-hydrogen) atoms. The van der Waals surface area contributed by atoms with E-state index in [1.165, 1.54) is 0 Å². The van der Waals surface area contributed by atoms with Crippen molar-refractivity contribution in [2.24, 2.45) is 18.4 Å². The summed E-state index contributed by atoms with van der Waals surface area (Å²) in [4.78, 5) is 11.0. The van der Waals surface area contributed by atoms with Gasteiger partial charge in [0, 0.05) is 19.5 Å². The van der Waals surface area contributed by atoms with Crippen LogP contribution in [-0.4, -0.2) is 21.2 Å². The zero-order chi connectivity index (χ0) is 15.7. The molecule has 1 N–H and O–H groups in total. The van der Waals surface area contributed by atoms with Crippen molar-refractivity contribution < 1.29 is 4.92 Å². The zero-order valence-corrected chi connectivity index (χ0v) is 13.5. The standard InChI is InChI=1S/C14H26N4O2/c1-9(2)11-12(18(19)20)13(17(7)16-11)15-8-14(5,6)10(3)4/h9-10,15H,8H2,1-7H3. The van der Waals surface area contributed by atoms with E-state index in [9.17, 15) is 10.1 Å². The average Bonchev–Trinajstić information content (AvgIpc) is 2.64. The molecule has 0 radical (unpaired) electrons. The van der Waals surface area contributed by atoms with Crippen LogP contribution in [0.1, 0.15) is 53.2 Å². The van der Waals surface area contributed by atoms with Gasteiger partial charge in [-0.1, -0.05) is 41.5 Å². The van der Waals surface area contributed by atoms with Gasteiger partial charge >= 0.3 is 5.69 Å². The lowest BCUT2D eigenvalue weighted by molar-refractivity contribution is -0.384. The van der Waals surface area contributed by atoms with E-state index in [2.05, 4.69) is 38.1 Å². The number of anilines is 1. The molecule has 1 aromatic heterocycles. The molecule has 0 fully saturated rings. The highest BCUT2D eigenvalue weighted by molar-refractivity contribution is 5.60. The number of nitro groups is 1. The van der Waals surface area contributed by atoms with Crippen molar-refractivity contribution >= 4 is 11.5 Å². The van der Waals surface area contributed by atoms with Gasteiger partial charge in [-0.25, -0.2) is 4.68 Å². The fourth-order valence-electron chi connectivity index (χ4n) is 1.82. The number of hydrogen-bond donors (Lipinski definition) is 1. The zero-order valence-electron chi connectivity index (χ0n) is 13.5. The van der Waals surface area contributed by atoms with Gasteiger partial charge in [-0.3, -0.25) is 10.1 Å². The van der Waals surface area contributed by atoms with Crippen LogP contribution >= 0.6 is 0 Å². The number of hydrogen-bond acceptors (Lipinski definition) is 4. The lowest BCUT2D eigenvalue weighted by Gasteiger charge is -2.29. The summed E-state index contributed by atoms with van der Waals surface area (Å²) >= 11 is 0. The molecule has 0 aliphatic heterocycles.